The Morgan fingerprint density at radius 2 is 2.35 bits per heavy atom. The fourth-order valence-electron chi connectivity index (χ4n) is 1.61. The van der Waals surface area contributed by atoms with Gasteiger partial charge in [-0.25, -0.2) is 4.79 Å². The molecule has 2 aromatic rings. The van der Waals surface area contributed by atoms with E-state index in [0.29, 0.717) is 17.5 Å². The Bertz CT molecular complexity index is 599. The van der Waals surface area contributed by atoms with E-state index in [1.807, 2.05) is 0 Å². The number of benzene rings is 1. The fourth-order valence-corrected chi connectivity index (χ4v) is 1.61. The number of H-pyrrole nitrogens is 1. The van der Waals surface area contributed by atoms with Gasteiger partial charge in [0.15, 0.2) is 5.58 Å². The number of fused-ring (bicyclic) bond motifs is 1. The molecule has 1 aromatic carbocycles. The van der Waals surface area contributed by atoms with Crippen molar-refractivity contribution < 1.29 is 13.9 Å². The average molecular weight is 236 g/mol. The van der Waals surface area contributed by atoms with Crippen LogP contribution in [-0.4, -0.2) is 24.1 Å². The zero-order valence-corrected chi connectivity index (χ0v) is 9.23. The summed E-state index contributed by atoms with van der Waals surface area (Å²) in [6, 6.07) is 4.44. The number of ether oxygens (including phenoxy) is 1. The van der Waals surface area contributed by atoms with E-state index in [0.717, 1.165) is 5.56 Å². The van der Waals surface area contributed by atoms with Crippen LogP contribution >= 0.6 is 0 Å². The summed E-state index contributed by atoms with van der Waals surface area (Å²) in [4.78, 5) is 24.6. The SMILES string of the molecule is COC(=O)[C@H](N)Cc1ccc2[nH]c(=O)oc2c1. The van der Waals surface area contributed by atoms with E-state index < -0.39 is 17.8 Å². The van der Waals surface area contributed by atoms with E-state index in [4.69, 9.17) is 10.2 Å². The van der Waals surface area contributed by atoms with Gasteiger partial charge in [0.25, 0.3) is 0 Å². The van der Waals surface area contributed by atoms with Crippen LogP contribution in [0.1, 0.15) is 5.56 Å². The molecule has 0 saturated carbocycles. The lowest BCUT2D eigenvalue weighted by Crippen LogP contribution is -2.33. The summed E-state index contributed by atoms with van der Waals surface area (Å²) in [5, 5.41) is 0. The lowest BCUT2D eigenvalue weighted by Gasteiger charge is -2.08. The van der Waals surface area contributed by atoms with Gasteiger partial charge in [-0.3, -0.25) is 9.78 Å². The van der Waals surface area contributed by atoms with Gasteiger partial charge in [0.2, 0.25) is 0 Å². The van der Waals surface area contributed by atoms with Crippen LogP contribution in [0.2, 0.25) is 0 Å². The average Bonchev–Trinajstić information content (AvgIpc) is 2.67. The maximum atomic E-state index is 11.2. The Kier molecular flexibility index (Phi) is 2.97. The maximum absolute atomic E-state index is 11.2. The van der Waals surface area contributed by atoms with Crippen molar-refractivity contribution in [2.24, 2.45) is 5.73 Å². The number of aromatic nitrogens is 1. The molecule has 0 saturated heterocycles. The molecule has 1 heterocycles. The van der Waals surface area contributed by atoms with Crippen LogP contribution in [0.3, 0.4) is 0 Å². The molecule has 1 atom stereocenters. The first kappa shape index (κ1) is 11.4. The van der Waals surface area contributed by atoms with Gasteiger partial charge in [-0.05, 0) is 24.1 Å². The number of oxazole rings is 1. The van der Waals surface area contributed by atoms with Crippen LogP contribution in [0, 0.1) is 0 Å². The highest BCUT2D eigenvalue weighted by molar-refractivity contribution is 5.76. The van der Waals surface area contributed by atoms with Gasteiger partial charge in [-0.15, -0.1) is 0 Å². The second-order valence-corrected chi connectivity index (χ2v) is 3.68. The molecule has 0 aliphatic heterocycles. The molecule has 90 valence electrons. The minimum Gasteiger partial charge on any atom is -0.468 e. The number of hydrogen-bond acceptors (Lipinski definition) is 5. The molecule has 0 amide bonds. The maximum Gasteiger partial charge on any atom is 0.417 e. The van der Waals surface area contributed by atoms with E-state index >= 15 is 0 Å². The molecule has 2 rings (SSSR count). The van der Waals surface area contributed by atoms with Gasteiger partial charge in [-0.2, -0.15) is 0 Å². The third-order valence-electron chi connectivity index (χ3n) is 2.44. The number of carbonyl (C=O) groups is 1. The summed E-state index contributed by atoms with van der Waals surface area (Å²) >= 11 is 0. The first-order valence-electron chi connectivity index (χ1n) is 5.05. The lowest BCUT2D eigenvalue weighted by atomic mass is 10.1. The van der Waals surface area contributed by atoms with Gasteiger partial charge in [0.1, 0.15) is 6.04 Å². The van der Waals surface area contributed by atoms with Crippen LogP contribution in [0.15, 0.2) is 27.4 Å². The van der Waals surface area contributed by atoms with Gasteiger partial charge in [-0.1, -0.05) is 6.07 Å². The van der Waals surface area contributed by atoms with Crippen LogP contribution in [-0.2, 0) is 16.0 Å². The van der Waals surface area contributed by atoms with Gasteiger partial charge in [0.05, 0.1) is 12.6 Å². The quantitative estimate of drug-likeness (QED) is 0.740. The molecule has 17 heavy (non-hydrogen) atoms. The Labute approximate surface area is 96.4 Å². The first-order valence-corrected chi connectivity index (χ1v) is 5.05. The number of rotatable bonds is 3. The second-order valence-electron chi connectivity index (χ2n) is 3.68. The molecule has 6 heteroatoms. The van der Waals surface area contributed by atoms with Crippen LogP contribution in [0.4, 0.5) is 0 Å². The van der Waals surface area contributed by atoms with Crippen molar-refractivity contribution >= 4 is 17.1 Å². The zero-order chi connectivity index (χ0) is 12.4. The molecule has 0 radical (unpaired) electrons. The number of hydrogen-bond donors (Lipinski definition) is 2. The minimum absolute atomic E-state index is 0.331. The number of nitrogens with one attached hydrogen (secondary N) is 1. The van der Waals surface area contributed by atoms with Crippen molar-refractivity contribution in [2.45, 2.75) is 12.5 Å². The standard InChI is InChI=1S/C11H12N2O4/c1-16-10(14)7(12)4-6-2-3-8-9(5-6)17-11(15)13-8/h2-3,5,7H,4,12H2,1H3,(H,13,15)/t7-/m1/s1. The van der Waals surface area contributed by atoms with E-state index in [-0.39, 0.29) is 0 Å². The Morgan fingerprint density at radius 1 is 1.59 bits per heavy atom. The Balaban J connectivity index is 2.24. The van der Waals surface area contributed by atoms with Gasteiger partial charge in [0, 0.05) is 0 Å². The summed E-state index contributed by atoms with van der Waals surface area (Å²) in [6.07, 6.45) is 0.331. The number of nitrogens with two attached hydrogens (primary N) is 1. The monoisotopic (exact) mass is 236 g/mol. The second kappa shape index (κ2) is 4.42. The van der Waals surface area contributed by atoms with Crippen molar-refractivity contribution in [1.82, 2.24) is 4.98 Å². The zero-order valence-electron chi connectivity index (χ0n) is 9.23. The van der Waals surface area contributed by atoms with E-state index in [2.05, 4.69) is 9.72 Å². The third kappa shape index (κ3) is 2.36. The highest BCUT2D eigenvalue weighted by Gasteiger charge is 2.14. The Morgan fingerprint density at radius 3 is 3.06 bits per heavy atom. The van der Waals surface area contributed by atoms with Gasteiger partial charge >= 0.3 is 11.7 Å². The van der Waals surface area contributed by atoms with Crippen LogP contribution in [0.25, 0.3) is 11.1 Å². The summed E-state index contributed by atoms with van der Waals surface area (Å²) in [6.45, 7) is 0. The molecule has 0 fully saturated rings. The predicted octanol–water partition coefficient (Wildman–Crippen LogP) is 0.164. The van der Waals surface area contributed by atoms with E-state index in [1.54, 1.807) is 18.2 Å². The summed E-state index contributed by atoms with van der Waals surface area (Å²) in [5.74, 6) is -0.977. The van der Waals surface area contributed by atoms with Crippen LogP contribution < -0.4 is 11.5 Å². The fraction of sp³-hybridized carbons (Fsp3) is 0.273. The van der Waals surface area contributed by atoms with Gasteiger partial charge < -0.3 is 14.9 Å². The van der Waals surface area contributed by atoms with Crippen molar-refractivity contribution in [3.63, 3.8) is 0 Å². The van der Waals surface area contributed by atoms with Crippen molar-refractivity contribution in [3.8, 4) is 0 Å². The molecule has 0 aliphatic rings. The minimum atomic E-state index is -0.719. The highest BCUT2D eigenvalue weighted by Crippen LogP contribution is 2.13. The third-order valence-corrected chi connectivity index (χ3v) is 2.44. The molecule has 0 bridgehead atoms. The largest absolute Gasteiger partial charge is 0.468 e. The summed E-state index contributed by atoms with van der Waals surface area (Å²) < 4.78 is 9.44. The smallest absolute Gasteiger partial charge is 0.417 e. The molecule has 0 unspecified atom stereocenters. The lowest BCUT2D eigenvalue weighted by molar-refractivity contribution is -0.142. The van der Waals surface area contributed by atoms with Crippen molar-refractivity contribution in [3.05, 3.63) is 34.3 Å². The highest BCUT2D eigenvalue weighted by atomic mass is 16.5. The topological polar surface area (TPSA) is 98.3 Å². The number of methoxy groups -OCH3 is 1. The van der Waals surface area contributed by atoms with Crippen molar-refractivity contribution in [1.29, 1.82) is 0 Å². The molecular formula is C11H12N2O4. The molecule has 0 aliphatic carbocycles. The number of esters is 1. The molecule has 3 N–H and O–H groups in total. The molecule has 0 spiro atoms. The number of carbonyl (C=O) groups excluding carboxylic acids is 1. The summed E-state index contributed by atoms with van der Waals surface area (Å²) in [5.41, 5.74) is 7.50. The summed E-state index contributed by atoms with van der Waals surface area (Å²) in [7, 11) is 1.29. The molecular weight excluding hydrogens is 224 g/mol. The Hall–Kier alpha value is -2.08. The first-order chi connectivity index (χ1) is 8.10. The molecule has 1 aromatic heterocycles. The molecule has 6 nitrogen and oxygen atoms in total. The predicted molar refractivity (Wildman–Crippen MR) is 60.5 cm³/mol. The van der Waals surface area contributed by atoms with Crippen LogP contribution in [0.5, 0.6) is 0 Å². The van der Waals surface area contributed by atoms with Crippen molar-refractivity contribution in [2.75, 3.05) is 7.11 Å². The van der Waals surface area contributed by atoms with E-state index in [9.17, 15) is 9.59 Å². The normalized spacial score (nSPS) is 12.6. The van der Waals surface area contributed by atoms with E-state index in [1.165, 1.54) is 7.11 Å². The number of aromatic amines is 1.